The van der Waals surface area contributed by atoms with Crippen molar-refractivity contribution in [2.24, 2.45) is 0 Å². The summed E-state index contributed by atoms with van der Waals surface area (Å²) in [5.74, 6) is 2.22. The zero-order valence-corrected chi connectivity index (χ0v) is 10.9. The molecule has 0 amide bonds. The lowest BCUT2D eigenvalue weighted by atomic mass is 10.1. The van der Waals surface area contributed by atoms with Gasteiger partial charge in [0.2, 0.25) is 5.16 Å². The standard InChI is InChI=1S/C12H12N4OS/c1-8-14-12(16-15-8)18-7-10-5-9(6-13)3-4-11(10)17-2/h3-5H,7H2,1-2H3,(H,14,15,16). The molecule has 0 atom stereocenters. The van der Waals surface area contributed by atoms with Crippen LogP contribution in [0.4, 0.5) is 0 Å². The molecule has 0 aliphatic heterocycles. The van der Waals surface area contributed by atoms with E-state index in [0.717, 1.165) is 17.1 Å². The van der Waals surface area contributed by atoms with Crippen LogP contribution < -0.4 is 4.74 Å². The van der Waals surface area contributed by atoms with E-state index < -0.39 is 0 Å². The molecule has 0 aliphatic carbocycles. The van der Waals surface area contributed by atoms with Crippen LogP contribution in [0.25, 0.3) is 0 Å². The van der Waals surface area contributed by atoms with Crippen LogP contribution in [0.15, 0.2) is 23.4 Å². The number of aromatic amines is 1. The van der Waals surface area contributed by atoms with Crippen LogP contribution in [0.2, 0.25) is 0 Å². The van der Waals surface area contributed by atoms with Crippen molar-refractivity contribution in [3.05, 3.63) is 35.2 Å². The van der Waals surface area contributed by atoms with Crippen LogP contribution in [0, 0.1) is 18.3 Å². The Bertz CT molecular complexity index is 588. The number of hydrogen-bond acceptors (Lipinski definition) is 5. The quantitative estimate of drug-likeness (QED) is 0.854. The number of methoxy groups -OCH3 is 1. The van der Waals surface area contributed by atoms with Crippen molar-refractivity contribution in [2.75, 3.05) is 7.11 Å². The first kappa shape index (κ1) is 12.5. The van der Waals surface area contributed by atoms with Crippen molar-refractivity contribution >= 4 is 11.8 Å². The van der Waals surface area contributed by atoms with E-state index in [1.165, 1.54) is 11.8 Å². The molecule has 92 valence electrons. The molecule has 1 heterocycles. The van der Waals surface area contributed by atoms with Gasteiger partial charge in [0.1, 0.15) is 11.6 Å². The molecule has 0 aliphatic rings. The first-order valence-corrected chi connectivity index (χ1v) is 6.30. The Labute approximate surface area is 109 Å². The molecule has 2 aromatic rings. The summed E-state index contributed by atoms with van der Waals surface area (Å²) in [5.41, 5.74) is 1.58. The van der Waals surface area contributed by atoms with E-state index in [9.17, 15) is 0 Å². The molecule has 1 N–H and O–H groups in total. The summed E-state index contributed by atoms with van der Waals surface area (Å²) < 4.78 is 5.27. The number of rotatable bonds is 4. The second kappa shape index (κ2) is 5.56. The number of hydrogen-bond donors (Lipinski definition) is 1. The molecule has 5 nitrogen and oxygen atoms in total. The van der Waals surface area contributed by atoms with Crippen molar-refractivity contribution in [3.8, 4) is 11.8 Å². The molecule has 2 rings (SSSR count). The fraction of sp³-hybridized carbons (Fsp3) is 0.250. The summed E-state index contributed by atoms with van der Waals surface area (Å²) in [5, 5.41) is 16.4. The number of nitriles is 1. The predicted molar refractivity (Wildman–Crippen MR) is 68.4 cm³/mol. The highest BCUT2D eigenvalue weighted by molar-refractivity contribution is 7.98. The zero-order chi connectivity index (χ0) is 13.0. The normalized spacial score (nSPS) is 10.1. The highest BCUT2D eigenvalue weighted by Crippen LogP contribution is 2.26. The number of benzene rings is 1. The molecule has 0 radical (unpaired) electrons. The van der Waals surface area contributed by atoms with Crippen LogP contribution in [-0.4, -0.2) is 22.3 Å². The number of ether oxygens (including phenoxy) is 1. The van der Waals surface area contributed by atoms with Gasteiger partial charge in [-0.25, -0.2) is 4.98 Å². The second-order valence-corrected chi connectivity index (χ2v) is 4.57. The maximum absolute atomic E-state index is 8.89. The van der Waals surface area contributed by atoms with Gasteiger partial charge >= 0.3 is 0 Å². The molecule has 0 fully saturated rings. The Morgan fingerprint density at radius 1 is 1.50 bits per heavy atom. The molecule has 0 saturated carbocycles. The fourth-order valence-electron chi connectivity index (χ4n) is 1.49. The van der Waals surface area contributed by atoms with Gasteiger partial charge in [-0.15, -0.1) is 5.10 Å². The largest absolute Gasteiger partial charge is 0.496 e. The molecule has 1 aromatic heterocycles. The molecule has 6 heteroatoms. The molecule has 0 saturated heterocycles. The van der Waals surface area contributed by atoms with E-state index in [-0.39, 0.29) is 0 Å². The van der Waals surface area contributed by atoms with Gasteiger partial charge in [-0.05, 0) is 25.1 Å². The van der Waals surface area contributed by atoms with Crippen LogP contribution in [0.3, 0.4) is 0 Å². The maximum atomic E-state index is 8.89. The fourth-order valence-corrected chi connectivity index (χ4v) is 2.31. The smallest absolute Gasteiger partial charge is 0.208 e. The third-order valence-corrected chi connectivity index (χ3v) is 3.24. The van der Waals surface area contributed by atoms with E-state index in [1.54, 1.807) is 19.2 Å². The number of H-pyrrole nitrogens is 1. The third-order valence-electron chi connectivity index (χ3n) is 2.34. The summed E-state index contributed by atoms with van der Waals surface area (Å²) in [4.78, 5) is 4.21. The average Bonchev–Trinajstić information content (AvgIpc) is 2.81. The van der Waals surface area contributed by atoms with Crippen LogP contribution in [-0.2, 0) is 5.75 Å². The lowest BCUT2D eigenvalue weighted by Crippen LogP contribution is -1.92. The van der Waals surface area contributed by atoms with Gasteiger partial charge in [0.05, 0.1) is 18.7 Å². The summed E-state index contributed by atoms with van der Waals surface area (Å²) in [6.45, 7) is 1.86. The Balaban J connectivity index is 2.15. The van der Waals surface area contributed by atoms with E-state index in [0.29, 0.717) is 16.5 Å². The van der Waals surface area contributed by atoms with Gasteiger partial charge in [-0.3, -0.25) is 5.10 Å². The zero-order valence-electron chi connectivity index (χ0n) is 10.1. The van der Waals surface area contributed by atoms with E-state index in [1.807, 2.05) is 13.0 Å². The minimum Gasteiger partial charge on any atom is -0.496 e. The highest BCUT2D eigenvalue weighted by Gasteiger charge is 2.07. The summed E-state index contributed by atoms with van der Waals surface area (Å²) >= 11 is 1.50. The Morgan fingerprint density at radius 2 is 2.33 bits per heavy atom. The van der Waals surface area contributed by atoms with E-state index in [2.05, 4.69) is 21.3 Å². The first-order chi connectivity index (χ1) is 8.72. The van der Waals surface area contributed by atoms with Crippen molar-refractivity contribution in [2.45, 2.75) is 17.8 Å². The number of thioether (sulfide) groups is 1. The highest BCUT2D eigenvalue weighted by atomic mass is 32.2. The first-order valence-electron chi connectivity index (χ1n) is 5.31. The average molecular weight is 260 g/mol. The van der Waals surface area contributed by atoms with E-state index in [4.69, 9.17) is 10.00 Å². The van der Waals surface area contributed by atoms with Gasteiger partial charge in [-0.2, -0.15) is 5.26 Å². The molecule has 1 aromatic carbocycles. The summed E-state index contributed by atoms with van der Waals surface area (Å²) in [6, 6.07) is 7.49. The molecule has 18 heavy (non-hydrogen) atoms. The van der Waals surface area contributed by atoms with Gasteiger partial charge < -0.3 is 4.74 Å². The molecule has 0 bridgehead atoms. The van der Waals surface area contributed by atoms with Crippen LogP contribution in [0.1, 0.15) is 17.0 Å². The van der Waals surface area contributed by atoms with Crippen molar-refractivity contribution < 1.29 is 4.74 Å². The Hall–Kier alpha value is -2.00. The molecule has 0 spiro atoms. The number of nitrogens with one attached hydrogen (secondary N) is 1. The van der Waals surface area contributed by atoms with Crippen LogP contribution in [0.5, 0.6) is 5.75 Å². The Morgan fingerprint density at radius 3 is 2.94 bits per heavy atom. The molecular formula is C12H12N4OS. The minimum atomic E-state index is 0.623. The topological polar surface area (TPSA) is 74.6 Å². The van der Waals surface area contributed by atoms with Gasteiger partial charge in [0.25, 0.3) is 0 Å². The van der Waals surface area contributed by atoms with E-state index >= 15 is 0 Å². The van der Waals surface area contributed by atoms with Crippen LogP contribution >= 0.6 is 11.8 Å². The number of aryl methyl sites for hydroxylation is 1. The maximum Gasteiger partial charge on any atom is 0.208 e. The monoisotopic (exact) mass is 260 g/mol. The number of nitrogens with zero attached hydrogens (tertiary/aromatic N) is 3. The lowest BCUT2D eigenvalue weighted by Gasteiger charge is -2.07. The van der Waals surface area contributed by atoms with Crippen molar-refractivity contribution in [3.63, 3.8) is 0 Å². The van der Waals surface area contributed by atoms with Gasteiger partial charge in [0.15, 0.2) is 0 Å². The Kier molecular flexibility index (Phi) is 3.85. The molecule has 0 unspecified atom stereocenters. The predicted octanol–water partition coefficient (Wildman–Crippen LogP) is 2.29. The minimum absolute atomic E-state index is 0.623. The van der Waals surface area contributed by atoms with Gasteiger partial charge in [-0.1, -0.05) is 11.8 Å². The van der Waals surface area contributed by atoms with Crippen molar-refractivity contribution in [1.29, 1.82) is 5.26 Å². The van der Waals surface area contributed by atoms with Crippen molar-refractivity contribution in [1.82, 2.24) is 15.2 Å². The SMILES string of the molecule is COc1ccc(C#N)cc1CSc1n[nH]c(C)n1. The third kappa shape index (κ3) is 2.81. The lowest BCUT2D eigenvalue weighted by molar-refractivity contribution is 0.411. The van der Waals surface area contributed by atoms with Gasteiger partial charge in [0, 0.05) is 11.3 Å². The summed E-state index contributed by atoms with van der Waals surface area (Å²) in [7, 11) is 1.62. The second-order valence-electron chi connectivity index (χ2n) is 3.63. The summed E-state index contributed by atoms with van der Waals surface area (Å²) in [6.07, 6.45) is 0. The number of aromatic nitrogens is 3. The molecular weight excluding hydrogens is 248 g/mol.